The molecule has 0 aliphatic heterocycles. The van der Waals surface area contributed by atoms with Crippen molar-refractivity contribution < 1.29 is 18.7 Å². The first-order chi connectivity index (χ1) is 16.3. The van der Waals surface area contributed by atoms with Crippen LogP contribution in [0.4, 0.5) is 4.39 Å². The second kappa shape index (κ2) is 12.2. The first-order valence-electron chi connectivity index (χ1n) is 11.1. The molecular weight excluding hydrogens is 455 g/mol. The molecule has 5 nitrogen and oxygen atoms in total. The minimum absolute atomic E-state index is 0.0969. The van der Waals surface area contributed by atoms with Gasteiger partial charge in [-0.15, -0.1) is 0 Å². The highest BCUT2D eigenvalue weighted by Crippen LogP contribution is 2.26. The number of halogens is 2. The molecule has 1 atom stereocenters. The quantitative estimate of drug-likeness (QED) is 0.421. The van der Waals surface area contributed by atoms with Gasteiger partial charge in [0.25, 0.3) is 5.91 Å². The van der Waals surface area contributed by atoms with Gasteiger partial charge in [-0.2, -0.15) is 0 Å². The van der Waals surface area contributed by atoms with E-state index in [2.05, 4.69) is 5.32 Å². The molecule has 7 heteroatoms. The number of ether oxygens (including phenoxy) is 1. The Bertz CT molecular complexity index is 1090. The average molecular weight is 483 g/mol. The van der Waals surface area contributed by atoms with Gasteiger partial charge in [0.05, 0.1) is 5.02 Å². The van der Waals surface area contributed by atoms with Crippen molar-refractivity contribution in [2.75, 3.05) is 13.2 Å². The zero-order chi connectivity index (χ0) is 24.5. The minimum Gasteiger partial charge on any atom is -0.482 e. The number of amides is 2. The molecule has 3 aromatic rings. The van der Waals surface area contributed by atoms with E-state index < -0.39 is 11.9 Å². The Balaban J connectivity index is 1.93. The molecule has 3 rings (SSSR count). The number of hydrogen-bond donors (Lipinski definition) is 1. The standard InChI is InChI=1S/C27H28ClFN2O3/c1-19(2)16-30-27(33)26(21-8-4-3-5-9-21)31(17-20-12-14-22(29)15-13-20)25(32)18-34-24-11-7-6-10-23(24)28/h3-15,19,26H,16-18H2,1-2H3,(H,30,33)/t26-/m1/s1. The van der Waals surface area contributed by atoms with Crippen molar-refractivity contribution >= 4 is 23.4 Å². The Kier molecular flexibility index (Phi) is 9.05. The molecule has 0 unspecified atom stereocenters. The third-order valence-corrected chi connectivity index (χ3v) is 5.45. The summed E-state index contributed by atoms with van der Waals surface area (Å²) >= 11 is 6.16. The van der Waals surface area contributed by atoms with Gasteiger partial charge in [-0.3, -0.25) is 9.59 Å². The predicted molar refractivity (Wildman–Crippen MR) is 131 cm³/mol. The molecule has 3 aromatic carbocycles. The van der Waals surface area contributed by atoms with Crippen LogP contribution in [0.2, 0.25) is 5.02 Å². The number of carbonyl (C=O) groups is 2. The molecule has 0 saturated heterocycles. The summed E-state index contributed by atoms with van der Waals surface area (Å²) in [7, 11) is 0. The van der Waals surface area contributed by atoms with E-state index in [0.717, 1.165) is 0 Å². The predicted octanol–water partition coefficient (Wildman–Crippen LogP) is 5.40. The molecule has 0 radical (unpaired) electrons. The zero-order valence-corrected chi connectivity index (χ0v) is 20.0. The molecule has 1 N–H and O–H groups in total. The monoisotopic (exact) mass is 482 g/mol. The Morgan fingerprint density at radius 1 is 0.971 bits per heavy atom. The maximum absolute atomic E-state index is 13.5. The summed E-state index contributed by atoms with van der Waals surface area (Å²) < 4.78 is 19.2. The lowest BCUT2D eigenvalue weighted by atomic mass is 10.0. The molecule has 2 amide bonds. The summed E-state index contributed by atoms with van der Waals surface area (Å²) in [4.78, 5) is 28.3. The molecule has 0 bridgehead atoms. The zero-order valence-electron chi connectivity index (χ0n) is 19.2. The van der Waals surface area contributed by atoms with Crippen LogP contribution in [-0.2, 0) is 16.1 Å². The normalized spacial score (nSPS) is 11.7. The molecule has 0 aliphatic rings. The third kappa shape index (κ3) is 7.06. The van der Waals surface area contributed by atoms with E-state index in [4.69, 9.17) is 16.3 Å². The highest BCUT2D eigenvalue weighted by Gasteiger charge is 2.32. The summed E-state index contributed by atoms with van der Waals surface area (Å²) in [6, 6.07) is 20.9. The fraction of sp³-hybridized carbons (Fsp3) is 0.259. The summed E-state index contributed by atoms with van der Waals surface area (Å²) in [6.07, 6.45) is 0. The number of para-hydroxylation sites is 1. The lowest BCUT2D eigenvalue weighted by Gasteiger charge is -2.32. The smallest absolute Gasteiger partial charge is 0.261 e. The van der Waals surface area contributed by atoms with Crippen LogP contribution in [0.3, 0.4) is 0 Å². The Labute approximate surface area is 204 Å². The Hall–Kier alpha value is -3.38. The van der Waals surface area contributed by atoms with E-state index in [1.807, 2.05) is 32.0 Å². The van der Waals surface area contributed by atoms with Crippen LogP contribution in [0.25, 0.3) is 0 Å². The van der Waals surface area contributed by atoms with Gasteiger partial charge in [-0.1, -0.05) is 80.0 Å². The van der Waals surface area contributed by atoms with Gasteiger partial charge in [0.2, 0.25) is 5.91 Å². The largest absolute Gasteiger partial charge is 0.482 e. The van der Waals surface area contributed by atoms with Crippen LogP contribution in [-0.4, -0.2) is 29.9 Å². The first-order valence-corrected chi connectivity index (χ1v) is 11.5. The van der Waals surface area contributed by atoms with Gasteiger partial charge >= 0.3 is 0 Å². The van der Waals surface area contributed by atoms with Gasteiger partial charge in [0.15, 0.2) is 6.61 Å². The molecule has 0 aliphatic carbocycles. The number of rotatable bonds is 10. The van der Waals surface area contributed by atoms with Crippen molar-refractivity contribution in [1.82, 2.24) is 10.2 Å². The van der Waals surface area contributed by atoms with Gasteiger partial charge in [-0.05, 0) is 41.3 Å². The summed E-state index contributed by atoms with van der Waals surface area (Å²) in [5, 5.41) is 3.32. The van der Waals surface area contributed by atoms with E-state index >= 15 is 0 Å². The third-order valence-electron chi connectivity index (χ3n) is 5.13. The van der Waals surface area contributed by atoms with Crippen LogP contribution < -0.4 is 10.1 Å². The average Bonchev–Trinajstić information content (AvgIpc) is 2.83. The van der Waals surface area contributed by atoms with E-state index in [1.54, 1.807) is 48.5 Å². The lowest BCUT2D eigenvalue weighted by Crippen LogP contribution is -2.45. The Morgan fingerprint density at radius 2 is 1.62 bits per heavy atom. The van der Waals surface area contributed by atoms with Gasteiger partial charge in [-0.25, -0.2) is 4.39 Å². The van der Waals surface area contributed by atoms with Crippen LogP contribution in [0, 0.1) is 11.7 Å². The molecule has 34 heavy (non-hydrogen) atoms. The molecule has 0 saturated carbocycles. The number of nitrogens with one attached hydrogen (secondary N) is 1. The van der Waals surface area contributed by atoms with Gasteiger partial charge < -0.3 is 15.0 Å². The highest BCUT2D eigenvalue weighted by atomic mass is 35.5. The van der Waals surface area contributed by atoms with Crippen molar-refractivity contribution in [3.8, 4) is 5.75 Å². The summed E-state index contributed by atoms with van der Waals surface area (Å²) in [5.41, 5.74) is 1.35. The highest BCUT2D eigenvalue weighted by molar-refractivity contribution is 6.32. The Morgan fingerprint density at radius 3 is 2.26 bits per heavy atom. The van der Waals surface area contributed by atoms with Gasteiger partial charge in [0.1, 0.15) is 17.6 Å². The molecular formula is C27H28ClFN2O3. The van der Waals surface area contributed by atoms with Crippen molar-refractivity contribution in [3.63, 3.8) is 0 Å². The summed E-state index contributed by atoms with van der Waals surface area (Å²) in [5.74, 6) is -0.464. The van der Waals surface area contributed by atoms with Crippen molar-refractivity contribution in [1.29, 1.82) is 0 Å². The lowest BCUT2D eigenvalue weighted by molar-refractivity contribution is -0.143. The van der Waals surface area contributed by atoms with E-state index in [9.17, 15) is 14.0 Å². The molecule has 0 fully saturated rings. The van der Waals surface area contributed by atoms with Crippen LogP contribution in [0.1, 0.15) is 31.0 Å². The van der Waals surface area contributed by atoms with Crippen molar-refractivity contribution in [2.45, 2.75) is 26.4 Å². The minimum atomic E-state index is -0.896. The number of carbonyl (C=O) groups excluding carboxylic acids is 2. The molecule has 0 spiro atoms. The van der Waals surface area contributed by atoms with E-state index in [1.165, 1.54) is 17.0 Å². The van der Waals surface area contributed by atoms with Crippen LogP contribution in [0.15, 0.2) is 78.9 Å². The van der Waals surface area contributed by atoms with Crippen molar-refractivity contribution in [2.24, 2.45) is 5.92 Å². The van der Waals surface area contributed by atoms with Crippen LogP contribution >= 0.6 is 11.6 Å². The first kappa shape index (κ1) is 25.2. The SMILES string of the molecule is CC(C)CNC(=O)[C@@H](c1ccccc1)N(Cc1ccc(F)cc1)C(=O)COc1ccccc1Cl. The molecule has 178 valence electrons. The number of benzene rings is 3. The second-order valence-corrected chi connectivity index (χ2v) is 8.73. The van der Waals surface area contributed by atoms with E-state index in [0.29, 0.717) is 28.4 Å². The van der Waals surface area contributed by atoms with Crippen molar-refractivity contribution in [3.05, 3.63) is 101 Å². The maximum atomic E-state index is 13.5. The summed E-state index contributed by atoms with van der Waals surface area (Å²) in [6.45, 7) is 4.25. The molecule has 0 heterocycles. The van der Waals surface area contributed by atoms with E-state index in [-0.39, 0.29) is 30.8 Å². The molecule has 0 aromatic heterocycles. The second-order valence-electron chi connectivity index (χ2n) is 8.32. The fourth-order valence-corrected chi connectivity index (χ4v) is 3.59. The maximum Gasteiger partial charge on any atom is 0.261 e. The topological polar surface area (TPSA) is 58.6 Å². The number of hydrogen-bond acceptors (Lipinski definition) is 3. The van der Waals surface area contributed by atoms with Gasteiger partial charge in [0, 0.05) is 13.1 Å². The van der Waals surface area contributed by atoms with Crippen LogP contribution in [0.5, 0.6) is 5.75 Å². The fourth-order valence-electron chi connectivity index (χ4n) is 3.40. The number of nitrogens with zero attached hydrogens (tertiary/aromatic N) is 1.